The van der Waals surface area contributed by atoms with Gasteiger partial charge in [0, 0.05) is 5.41 Å². The first kappa shape index (κ1) is 18.6. The van der Waals surface area contributed by atoms with Gasteiger partial charge in [-0.15, -0.1) is 0 Å². The van der Waals surface area contributed by atoms with Crippen molar-refractivity contribution in [2.75, 3.05) is 0 Å². The molecule has 1 aliphatic rings. The van der Waals surface area contributed by atoms with Crippen molar-refractivity contribution in [1.29, 1.82) is 0 Å². The second kappa shape index (κ2) is 7.72. The number of rotatable bonds is 6. The lowest BCUT2D eigenvalue weighted by Crippen LogP contribution is -2.21. The van der Waals surface area contributed by atoms with Crippen LogP contribution in [0.2, 0.25) is 0 Å². The molecule has 0 aliphatic heterocycles. The summed E-state index contributed by atoms with van der Waals surface area (Å²) in [7, 11) is 0. The molecule has 1 aromatic heterocycles. The maximum atomic E-state index is 10.3. The number of aliphatic hydroxyl groups is 1. The normalized spacial score (nSPS) is 15.7. The molecule has 144 valence electrons. The molecule has 2 aromatic carbocycles. The number of hydrogen-bond acceptors (Lipinski definition) is 4. The fourth-order valence-electron chi connectivity index (χ4n) is 3.60. The highest BCUT2D eigenvalue weighted by atomic mass is 16.5. The highest BCUT2D eigenvalue weighted by molar-refractivity contribution is 5.40. The van der Waals surface area contributed by atoms with Crippen LogP contribution in [0.25, 0.3) is 0 Å². The van der Waals surface area contributed by atoms with Gasteiger partial charge in [0.2, 0.25) is 0 Å². The van der Waals surface area contributed by atoms with E-state index in [1.807, 2.05) is 18.2 Å². The minimum Gasteiger partial charge on any atom is -0.454 e. The molecular weight excluding hydrogens is 348 g/mol. The summed E-state index contributed by atoms with van der Waals surface area (Å²) in [4.78, 5) is 8.58. The Morgan fingerprint density at radius 1 is 0.893 bits per heavy atom. The lowest BCUT2D eigenvalue weighted by molar-refractivity contribution is 0.0548. The molecule has 1 aliphatic carbocycles. The van der Waals surface area contributed by atoms with Crippen molar-refractivity contribution < 1.29 is 9.84 Å². The van der Waals surface area contributed by atoms with Gasteiger partial charge in [-0.3, -0.25) is 0 Å². The standard InChI is InChI=1S/C24H26N2O2/c1-24(2,18-9-4-3-5-10-18)19-11-13-20(14-12-19)28-21-15-25-23(26-16-21)22(27)17-7-6-8-17/h3-5,9-17,22,27H,6-8H2,1-2H3. The summed E-state index contributed by atoms with van der Waals surface area (Å²) in [6, 6.07) is 18.6. The van der Waals surface area contributed by atoms with Crippen LogP contribution in [0.1, 0.15) is 56.2 Å². The van der Waals surface area contributed by atoms with Crippen LogP contribution in [0.3, 0.4) is 0 Å². The zero-order valence-corrected chi connectivity index (χ0v) is 16.4. The van der Waals surface area contributed by atoms with Gasteiger partial charge in [-0.2, -0.15) is 0 Å². The Morgan fingerprint density at radius 2 is 1.50 bits per heavy atom. The van der Waals surface area contributed by atoms with Crippen molar-refractivity contribution in [2.45, 2.75) is 44.6 Å². The van der Waals surface area contributed by atoms with Crippen LogP contribution in [0.4, 0.5) is 0 Å². The fraction of sp³-hybridized carbons (Fsp3) is 0.333. The van der Waals surface area contributed by atoms with Crippen molar-refractivity contribution in [3.63, 3.8) is 0 Å². The van der Waals surface area contributed by atoms with Gasteiger partial charge in [0.25, 0.3) is 0 Å². The smallest absolute Gasteiger partial charge is 0.164 e. The zero-order chi connectivity index (χ0) is 19.6. The summed E-state index contributed by atoms with van der Waals surface area (Å²) in [5, 5.41) is 10.3. The molecule has 0 saturated heterocycles. The minimum atomic E-state index is -0.567. The molecule has 28 heavy (non-hydrogen) atoms. The summed E-state index contributed by atoms with van der Waals surface area (Å²) >= 11 is 0. The van der Waals surface area contributed by atoms with Gasteiger partial charge in [-0.25, -0.2) is 9.97 Å². The third-order valence-corrected chi connectivity index (χ3v) is 5.82. The van der Waals surface area contributed by atoms with E-state index in [2.05, 4.69) is 60.2 Å². The Hall–Kier alpha value is -2.72. The number of nitrogens with zero attached hydrogens (tertiary/aromatic N) is 2. The minimum absolute atomic E-state index is 0.0811. The van der Waals surface area contributed by atoms with Crippen molar-refractivity contribution >= 4 is 0 Å². The molecule has 1 atom stereocenters. The monoisotopic (exact) mass is 374 g/mol. The number of hydrogen-bond donors (Lipinski definition) is 1. The molecule has 4 rings (SSSR count). The van der Waals surface area contributed by atoms with Crippen molar-refractivity contribution in [3.8, 4) is 11.5 Å². The second-order valence-corrected chi connectivity index (χ2v) is 8.03. The first-order valence-electron chi connectivity index (χ1n) is 9.88. The van der Waals surface area contributed by atoms with E-state index in [4.69, 9.17) is 4.74 Å². The summed E-state index contributed by atoms with van der Waals surface area (Å²) in [5.74, 6) is 2.09. The van der Waals surface area contributed by atoms with Gasteiger partial charge in [-0.1, -0.05) is 62.7 Å². The average molecular weight is 374 g/mol. The largest absolute Gasteiger partial charge is 0.454 e. The van der Waals surface area contributed by atoms with Crippen molar-refractivity contribution in [3.05, 3.63) is 83.9 Å². The Kier molecular flexibility index (Phi) is 5.14. The number of ether oxygens (including phenoxy) is 1. The molecule has 4 nitrogen and oxygen atoms in total. The molecule has 1 N–H and O–H groups in total. The predicted molar refractivity (Wildman–Crippen MR) is 109 cm³/mol. The predicted octanol–water partition coefficient (Wildman–Crippen LogP) is 5.43. The van der Waals surface area contributed by atoms with Gasteiger partial charge in [0.05, 0.1) is 12.4 Å². The molecule has 3 aromatic rings. The van der Waals surface area contributed by atoms with Gasteiger partial charge >= 0.3 is 0 Å². The molecule has 0 bridgehead atoms. The van der Waals surface area contributed by atoms with Gasteiger partial charge in [0.1, 0.15) is 11.9 Å². The van der Waals surface area contributed by atoms with E-state index in [1.165, 1.54) is 17.5 Å². The maximum Gasteiger partial charge on any atom is 0.164 e. The van der Waals surface area contributed by atoms with Crippen LogP contribution in [-0.4, -0.2) is 15.1 Å². The summed E-state index contributed by atoms with van der Waals surface area (Å²) < 4.78 is 5.88. The zero-order valence-electron chi connectivity index (χ0n) is 16.4. The highest BCUT2D eigenvalue weighted by Crippen LogP contribution is 2.36. The quantitative estimate of drug-likeness (QED) is 0.625. The third kappa shape index (κ3) is 3.78. The topological polar surface area (TPSA) is 55.2 Å². The van der Waals surface area contributed by atoms with Gasteiger partial charge in [0.15, 0.2) is 11.6 Å². The Bertz CT molecular complexity index is 902. The van der Waals surface area contributed by atoms with Crippen LogP contribution in [-0.2, 0) is 5.41 Å². The van der Waals surface area contributed by atoms with Crippen LogP contribution >= 0.6 is 0 Å². The summed E-state index contributed by atoms with van der Waals surface area (Å²) in [6.07, 6.45) is 5.98. The first-order chi connectivity index (χ1) is 13.5. The van der Waals surface area contributed by atoms with Crippen LogP contribution in [0, 0.1) is 5.92 Å². The molecule has 4 heteroatoms. The second-order valence-electron chi connectivity index (χ2n) is 8.03. The first-order valence-corrected chi connectivity index (χ1v) is 9.88. The van der Waals surface area contributed by atoms with E-state index in [-0.39, 0.29) is 5.41 Å². The Balaban J connectivity index is 1.44. The molecule has 0 amide bonds. The van der Waals surface area contributed by atoms with E-state index in [0.717, 1.165) is 18.6 Å². The van der Waals surface area contributed by atoms with Crippen LogP contribution < -0.4 is 4.74 Å². The van der Waals surface area contributed by atoms with E-state index < -0.39 is 6.10 Å². The Morgan fingerprint density at radius 3 is 2.07 bits per heavy atom. The molecule has 0 radical (unpaired) electrons. The van der Waals surface area contributed by atoms with Crippen molar-refractivity contribution in [2.24, 2.45) is 5.92 Å². The lowest BCUT2D eigenvalue weighted by Gasteiger charge is -2.29. The van der Waals surface area contributed by atoms with Crippen LogP contribution in [0.5, 0.6) is 11.5 Å². The maximum absolute atomic E-state index is 10.3. The van der Waals surface area contributed by atoms with E-state index in [9.17, 15) is 5.11 Å². The van der Waals surface area contributed by atoms with Gasteiger partial charge in [-0.05, 0) is 42.0 Å². The third-order valence-electron chi connectivity index (χ3n) is 5.82. The summed E-state index contributed by atoms with van der Waals surface area (Å²) in [5.41, 5.74) is 2.42. The van der Waals surface area contributed by atoms with Crippen molar-refractivity contribution in [1.82, 2.24) is 9.97 Å². The molecule has 1 fully saturated rings. The highest BCUT2D eigenvalue weighted by Gasteiger charge is 2.28. The van der Waals surface area contributed by atoms with E-state index in [0.29, 0.717) is 17.5 Å². The number of aliphatic hydroxyl groups excluding tert-OH is 1. The van der Waals surface area contributed by atoms with Crippen LogP contribution in [0.15, 0.2) is 67.0 Å². The number of benzene rings is 2. The Labute approximate surface area is 166 Å². The molecule has 1 unspecified atom stereocenters. The number of aromatic nitrogens is 2. The van der Waals surface area contributed by atoms with Gasteiger partial charge < -0.3 is 9.84 Å². The molecule has 0 spiro atoms. The summed E-state index contributed by atoms with van der Waals surface area (Å²) in [6.45, 7) is 4.44. The SMILES string of the molecule is CC(C)(c1ccccc1)c1ccc(Oc2cnc(C(O)C3CCC3)nc2)cc1. The van der Waals surface area contributed by atoms with E-state index >= 15 is 0 Å². The fourth-order valence-corrected chi connectivity index (χ4v) is 3.60. The van der Waals surface area contributed by atoms with E-state index in [1.54, 1.807) is 12.4 Å². The average Bonchev–Trinajstić information content (AvgIpc) is 2.68. The molecule has 1 heterocycles. The molecule has 1 saturated carbocycles. The lowest BCUT2D eigenvalue weighted by atomic mass is 9.78. The molecular formula is C24H26N2O2.